The van der Waals surface area contributed by atoms with E-state index < -0.39 is 11.9 Å². The van der Waals surface area contributed by atoms with Gasteiger partial charge in [-0.1, -0.05) is 0 Å². The first kappa shape index (κ1) is 25.5. The van der Waals surface area contributed by atoms with E-state index >= 15 is 4.39 Å². The number of cyclic esters (lactones) is 1. The maximum absolute atomic E-state index is 15.1. The second kappa shape index (κ2) is 11.5. The van der Waals surface area contributed by atoms with Crippen molar-refractivity contribution >= 4 is 40.6 Å². The molecule has 1 amide bonds. The van der Waals surface area contributed by atoms with Gasteiger partial charge >= 0.3 is 6.09 Å². The highest BCUT2D eigenvalue weighted by atomic mass is 32.1. The predicted octanol–water partition coefficient (Wildman–Crippen LogP) is 1.61. The highest BCUT2D eigenvalue weighted by molar-refractivity contribution is 7.80. The third-order valence-electron chi connectivity index (χ3n) is 6.44. The standard InChI is InChI=1S/C23H33FN6O4S/c1-17(31)3-5-19-16-29(23(32)34-19)18-4-6-21(20(24)15-18)27-9-12-30(33-14-13-27)22(35)25-28-10-7-26(2)8-11-28/h4,6,15,19H,3,5,7-14,16H2,1-2H3,(H,25,35)/t19-/m0/s1. The predicted molar refractivity (Wildman–Crippen MR) is 134 cm³/mol. The number of likely N-dealkylation sites (N-methyl/N-ethyl adjacent to an activating group) is 1. The summed E-state index contributed by atoms with van der Waals surface area (Å²) in [5.74, 6) is -0.375. The summed E-state index contributed by atoms with van der Waals surface area (Å²) in [7, 11) is 2.10. The number of halogens is 1. The molecule has 0 unspecified atom stereocenters. The van der Waals surface area contributed by atoms with Crippen LogP contribution in [0.25, 0.3) is 0 Å². The highest BCUT2D eigenvalue weighted by Gasteiger charge is 2.33. The molecule has 12 heteroatoms. The molecule has 0 radical (unpaired) electrons. The number of nitrogens with zero attached hydrogens (tertiary/aromatic N) is 5. The van der Waals surface area contributed by atoms with E-state index in [9.17, 15) is 9.59 Å². The number of hydroxylamine groups is 2. The van der Waals surface area contributed by atoms with Gasteiger partial charge in [0.25, 0.3) is 0 Å². The lowest BCUT2D eigenvalue weighted by atomic mass is 10.1. The van der Waals surface area contributed by atoms with Gasteiger partial charge in [-0.15, -0.1) is 0 Å². The van der Waals surface area contributed by atoms with Crippen LogP contribution in [0.15, 0.2) is 18.2 Å². The minimum atomic E-state index is -0.522. The third-order valence-corrected chi connectivity index (χ3v) is 6.74. The van der Waals surface area contributed by atoms with E-state index in [1.54, 1.807) is 17.2 Å². The molecule has 4 rings (SSSR count). The van der Waals surface area contributed by atoms with E-state index in [1.165, 1.54) is 17.9 Å². The number of carbonyl (C=O) groups excluding carboxylic acids is 2. The van der Waals surface area contributed by atoms with Crippen LogP contribution < -0.4 is 15.2 Å². The van der Waals surface area contributed by atoms with Crippen LogP contribution in [0.2, 0.25) is 0 Å². The Labute approximate surface area is 210 Å². The average molecular weight is 509 g/mol. The van der Waals surface area contributed by atoms with E-state index in [-0.39, 0.29) is 11.9 Å². The molecule has 3 fully saturated rings. The van der Waals surface area contributed by atoms with Crippen LogP contribution >= 0.6 is 12.2 Å². The van der Waals surface area contributed by atoms with Crippen molar-refractivity contribution in [3.8, 4) is 0 Å². The number of hydrogen-bond acceptors (Lipinski definition) is 8. The van der Waals surface area contributed by atoms with Gasteiger partial charge in [-0.3, -0.25) is 15.2 Å². The average Bonchev–Trinajstić information content (AvgIpc) is 3.03. The van der Waals surface area contributed by atoms with E-state index in [4.69, 9.17) is 21.8 Å². The number of nitrogens with one attached hydrogen (secondary N) is 1. The quantitative estimate of drug-likeness (QED) is 0.573. The van der Waals surface area contributed by atoms with E-state index in [2.05, 4.69) is 22.4 Å². The van der Waals surface area contributed by atoms with Gasteiger partial charge in [-0.05, 0) is 50.8 Å². The number of ether oxygens (including phenoxy) is 1. The summed E-state index contributed by atoms with van der Waals surface area (Å²) < 4.78 is 20.5. The van der Waals surface area contributed by atoms with Gasteiger partial charge in [0.05, 0.1) is 31.1 Å². The smallest absolute Gasteiger partial charge is 0.414 e. The van der Waals surface area contributed by atoms with Crippen LogP contribution in [-0.4, -0.2) is 104 Å². The summed E-state index contributed by atoms with van der Waals surface area (Å²) in [4.78, 5) is 34.9. The van der Waals surface area contributed by atoms with Gasteiger partial charge in [0.2, 0.25) is 5.11 Å². The third kappa shape index (κ3) is 6.57. The lowest BCUT2D eigenvalue weighted by Crippen LogP contribution is -2.55. The fourth-order valence-corrected chi connectivity index (χ4v) is 4.60. The second-order valence-electron chi connectivity index (χ2n) is 9.12. The molecule has 0 aliphatic carbocycles. The molecule has 1 atom stereocenters. The summed E-state index contributed by atoms with van der Waals surface area (Å²) in [6.07, 6.45) is -0.0767. The van der Waals surface area contributed by atoms with E-state index in [0.29, 0.717) is 62.1 Å². The van der Waals surface area contributed by atoms with Crippen LogP contribution in [0, 0.1) is 5.82 Å². The number of hydrogen-bond donors (Lipinski definition) is 1. The molecule has 1 N–H and O–H groups in total. The Morgan fingerprint density at radius 2 is 1.94 bits per heavy atom. The van der Waals surface area contributed by atoms with Crippen molar-refractivity contribution in [1.82, 2.24) is 20.4 Å². The first-order chi connectivity index (χ1) is 16.8. The van der Waals surface area contributed by atoms with Crippen molar-refractivity contribution in [2.45, 2.75) is 25.9 Å². The minimum Gasteiger partial charge on any atom is -0.444 e. The SMILES string of the molecule is CC(=O)CC[C@H]1CN(c2ccc(N3CCON(C(=S)NN4CCN(C)CC4)CC3)c(F)c2)C(=O)O1. The number of Topliss-reactive ketones (excluding diaryl/α,β-unsaturated/α-hetero) is 1. The number of hydrazine groups is 1. The van der Waals surface area contributed by atoms with E-state index in [1.807, 2.05) is 4.90 Å². The highest BCUT2D eigenvalue weighted by Crippen LogP contribution is 2.29. The Morgan fingerprint density at radius 3 is 2.66 bits per heavy atom. The monoisotopic (exact) mass is 508 g/mol. The minimum absolute atomic E-state index is 0.0470. The van der Waals surface area contributed by atoms with Gasteiger partial charge in [0.15, 0.2) is 0 Å². The van der Waals surface area contributed by atoms with Gasteiger partial charge < -0.3 is 19.3 Å². The molecule has 3 aliphatic heterocycles. The molecule has 3 heterocycles. The molecule has 3 saturated heterocycles. The second-order valence-corrected chi connectivity index (χ2v) is 9.51. The largest absolute Gasteiger partial charge is 0.444 e. The molecule has 192 valence electrons. The maximum atomic E-state index is 15.1. The topological polar surface area (TPSA) is 80.8 Å². The van der Waals surface area contributed by atoms with Crippen molar-refractivity contribution in [2.24, 2.45) is 0 Å². The molecule has 3 aliphatic rings. The molecule has 0 spiro atoms. The Balaban J connectivity index is 1.33. The lowest BCUT2D eigenvalue weighted by Gasteiger charge is -2.34. The van der Waals surface area contributed by atoms with Crippen LogP contribution in [0.4, 0.5) is 20.6 Å². The van der Waals surface area contributed by atoms with Crippen LogP contribution in [-0.2, 0) is 14.4 Å². The number of ketones is 1. The Bertz CT molecular complexity index is 945. The lowest BCUT2D eigenvalue weighted by molar-refractivity contribution is -0.117. The summed E-state index contributed by atoms with van der Waals surface area (Å²) in [6.45, 7) is 7.36. The number of piperazine rings is 1. The molecular formula is C23H33FN6O4S. The Kier molecular flexibility index (Phi) is 8.37. The van der Waals surface area contributed by atoms with Crippen molar-refractivity contribution < 1.29 is 23.6 Å². The zero-order chi connectivity index (χ0) is 24.9. The van der Waals surface area contributed by atoms with Crippen molar-refractivity contribution in [2.75, 3.05) is 75.8 Å². The number of carbonyl (C=O) groups is 2. The number of rotatable bonds is 6. The van der Waals surface area contributed by atoms with Crippen molar-refractivity contribution in [3.63, 3.8) is 0 Å². The zero-order valence-electron chi connectivity index (χ0n) is 20.2. The van der Waals surface area contributed by atoms with Gasteiger partial charge in [-0.25, -0.2) is 19.3 Å². The normalized spacial score (nSPS) is 22.2. The van der Waals surface area contributed by atoms with Crippen molar-refractivity contribution in [3.05, 3.63) is 24.0 Å². The molecule has 1 aromatic rings. The zero-order valence-corrected chi connectivity index (χ0v) is 21.1. The summed E-state index contributed by atoms with van der Waals surface area (Å²) in [5.41, 5.74) is 4.12. The maximum Gasteiger partial charge on any atom is 0.414 e. The molecule has 10 nitrogen and oxygen atoms in total. The number of amides is 1. The Hall–Kier alpha value is -2.54. The molecular weight excluding hydrogens is 475 g/mol. The van der Waals surface area contributed by atoms with E-state index in [0.717, 1.165) is 26.2 Å². The fraction of sp³-hybridized carbons (Fsp3) is 0.609. The number of benzene rings is 1. The summed E-state index contributed by atoms with van der Waals surface area (Å²) in [6, 6.07) is 4.75. The summed E-state index contributed by atoms with van der Waals surface area (Å²) >= 11 is 5.53. The van der Waals surface area contributed by atoms with Crippen LogP contribution in [0.1, 0.15) is 19.8 Å². The molecule has 1 aromatic carbocycles. The molecule has 0 saturated carbocycles. The van der Waals surface area contributed by atoms with Gasteiger partial charge in [0.1, 0.15) is 17.7 Å². The van der Waals surface area contributed by atoms with Gasteiger partial charge in [0, 0.05) is 45.7 Å². The van der Waals surface area contributed by atoms with Crippen molar-refractivity contribution in [1.29, 1.82) is 0 Å². The Morgan fingerprint density at radius 1 is 1.17 bits per heavy atom. The number of anilines is 2. The molecule has 0 aromatic heterocycles. The summed E-state index contributed by atoms with van der Waals surface area (Å²) in [5, 5.41) is 4.24. The van der Waals surface area contributed by atoms with Crippen LogP contribution in [0.5, 0.6) is 0 Å². The number of thiocarbonyl (C=S) groups is 1. The molecule has 0 bridgehead atoms. The first-order valence-electron chi connectivity index (χ1n) is 12.0. The molecule has 35 heavy (non-hydrogen) atoms. The fourth-order valence-electron chi connectivity index (χ4n) is 4.33. The van der Waals surface area contributed by atoms with Crippen LogP contribution in [0.3, 0.4) is 0 Å². The van der Waals surface area contributed by atoms with Gasteiger partial charge in [-0.2, -0.15) is 0 Å². The first-order valence-corrected chi connectivity index (χ1v) is 12.4.